The van der Waals surface area contributed by atoms with E-state index in [2.05, 4.69) is 57.6 Å². The first kappa shape index (κ1) is 13.0. The molecule has 0 unspecified atom stereocenters. The summed E-state index contributed by atoms with van der Waals surface area (Å²) < 4.78 is 6.22. The lowest BCUT2D eigenvalue weighted by molar-refractivity contribution is 0.412. The lowest BCUT2D eigenvalue weighted by Gasteiger charge is -2.08. The van der Waals surface area contributed by atoms with Gasteiger partial charge >= 0.3 is 0 Å². The zero-order chi connectivity index (χ0) is 13.0. The second-order valence-electron chi connectivity index (χ2n) is 4.10. The van der Waals surface area contributed by atoms with Crippen LogP contribution in [0, 0.1) is 0 Å². The van der Waals surface area contributed by atoms with Crippen molar-refractivity contribution in [2.24, 2.45) is 0 Å². The van der Waals surface area contributed by atoms with E-state index in [-0.39, 0.29) is 0 Å². The highest BCUT2D eigenvalue weighted by Gasteiger charge is 2.03. The van der Waals surface area contributed by atoms with Gasteiger partial charge < -0.3 is 10.1 Å². The molecule has 0 heterocycles. The van der Waals surface area contributed by atoms with Crippen LogP contribution in [-0.4, -0.2) is 14.2 Å². The fraction of sp³-hybridized carbons (Fsp3) is 0.200. The van der Waals surface area contributed by atoms with Crippen LogP contribution >= 0.6 is 15.9 Å². The number of halogens is 1. The lowest BCUT2D eigenvalue weighted by atomic mass is 10.0. The zero-order valence-electron chi connectivity index (χ0n) is 10.5. The summed E-state index contributed by atoms with van der Waals surface area (Å²) >= 11 is 3.51. The summed E-state index contributed by atoms with van der Waals surface area (Å²) in [6.45, 7) is 0. The Bertz CT molecular complexity index is 540. The van der Waals surface area contributed by atoms with Crippen LogP contribution < -0.4 is 10.1 Å². The van der Waals surface area contributed by atoms with Crippen molar-refractivity contribution >= 4 is 21.6 Å². The van der Waals surface area contributed by atoms with E-state index < -0.39 is 0 Å². The number of methoxy groups -OCH3 is 1. The molecule has 2 nitrogen and oxygen atoms in total. The van der Waals surface area contributed by atoms with E-state index in [1.165, 1.54) is 11.1 Å². The van der Waals surface area contributed by atoms with Crippen LogP contribution in [0.5, 0.6) is 5.75 Å². The second kappa shape index (κ2) is 5.91. The van der Waals surface area contributed by atoms with Crippen LogP contribution in [0.1, 0.15) is 11.1 Å². The van der Waals surface area contributed by atoms with Crippen molar-refractivity contribution in [3.05, 3.63) is 58.1 Å². The van der Waals surface area contributed by atoms with Gasteiger partial charge in [0, 0.05) is 12.7 Å². The summed E-state index contributed by atoms with van der Waals surface area (Å²) in [5.74, 6) is 0.864. The Kier molecular flexibility index (Phi) is 4.26. The summed E-state index contributed by atoms with van der Waals surface area (Å²) in [7, 11) is 3.61. The van der Waals surface area contributed by atoms with E-state index >= 15 is 0 Å². The maximum absolute atomic E-state index is 5.23. The number of hydrogen-bond donors (Lipinski definition) is 1. The highest BCUT2D eigenvalue weighted by molar-refractivity contribution is 9.10. The molecule has 0 aliphatic heterocycles. The summed E-state index contributed by atoms with van der Waals surface area (Å²) in [4.78, 5) is 0. The third-order valence-corrected chi connectivity index (χ3v) is 3.46. The van der Waals surface area contributed by atoms with E-state index in [0.717, 1.165) is 22.3 Å². The number of ether oxygens (including phenoxy) is 1. The molecule has 0 aliphatic carbocycles. The van der Waals surface area contributed by atoms with E-state index in [9.17, 15) is 0 Å². The molecule has 0 atom stereocenters. The fourth-order valence-electron chi connectivity index (χ4n) is 1.89. The van der Waals surface area contributed by atoms with E-state index in [4.69, 9.17) is 4.74 Å². The normalized spacial score (nSPS) is 10.2. The average Bonchev–Trinajstić information content (AvgIpc) is 2.39. The molecule has 2 aromatic carbocycles. The first-order valence-electron chi connectivity index (χ1n) is 5.82. The third-order valence-electron chi connectivity index (χ3n) is 2.84. The van der Waals surface area contributed by atoms with E-state index in [1.54, 1.807) is 7.11 Å². The van der Waals surface area contributed by atoms with Gasteiger partial charge in [-0.15, -0.1) is 0 Å². The Balaban J connectivity index is 2.20. The molecule has 0 aliphatic rings. The molecule has 0 radical (unpaired) electrons. The molecule has 0 saturated carbocycles. The quantitative estimate of drug-likeness (QED) is 0.918. The van der Waals surface area contributed by atoms with Crippen molar-refractivity contribution in [1.29, 1.82) is 0 Å². The maximum Gasteiger partial charge on any atom is 0.133 e. The van der Waals surface area contributed by atoms with Crippen molar-refractivity contribution in [2.75, 3.05) is 19.5 Å². The first-order valence-corrected chi connectivity index (χ1v) is 6.61. The molecule has 0 fully saturated rings. The first-order chi connectivity index (χ1) is 8.72. The SMILES string of the molecule is CNc1cccc(Cc2ccc(OC)c(Br)c2)c1. The van der Waals surface area contributed by atoms with Gasteiger partial charge in [-0.05, 0) is 57.7 Å². The number of nitrogens with one attached hydrogen (secondary N) is 1. The highest BCUT2D eigenvalue weighted by atomic mass is 79.9. The van der Waals surface area contributed by atoms with Gasteiger partial charge in [-0.3, -0.25) is 0 Å². The Labute approximate surface area is 116 Å². The van der Waals surface area contributed by atoms with Crippen LogP contribution in [0.4, 0.5) is 5.69 Å². The number of hydrogen-bond acceptors (Lipinski definition) is 2. The molecule has 94 valence electrons. The standard InChI is InChI=1S/C15H16BrNO/c1-17-13-5-3-4-11(9-13)8-12-6-7-15(18-2)14(16)10-12/h3-7,9-10,17H,8H2,1-2H3. The number of rotatable bonds is 4. The van der Waals surface area contributed by atoms with Crippen LogP contribution in [0.3, 0.4) is 0 Å². The van der Waals surface area contributed by atoms with Gasteiger partial charge in [-0.2, -0.15) is 0 Å². The van der Waals surface area contributed by atoms with E-state index in [0.29, 0.717) is 0 Å². The molecular formula is C15H16BrNO. The van der Waals surface area contributed by atoms with E-state index in [1.807, 2.05) is 13.1 Å². The summed E-state index contributed by atoms with van der Waals surface area (Å²) in [5, 5.41) is 3.15. The predicted octanol–water partition coefficient (Wildman–Crippen LogP) is 4.09. The summed E-state index contributed by atoms with van der Waals surface area (Å²) in [6.07, 6.45) is 0.915. The van der Waals surface area contributed by atoms with Crippen molar-refractivity contribution in [3.63, 3.8) is 0 Å². The van der Waals surface area contributed by atoms with Crippen LogP contribution in [0.2, 0.25) is 0 Å². The van der Waals surface area contributed by atoms with Gasteiger partial charge in [0.05, 0.1) is 11.6 Å². The Morgan fingerprint density at radius 3 is 2.56 bits per heavy atom. The van der Waals surface area contributed by atoms with Gasteiger partial charge in [0.15, 0.2) is 0 Å². The Morgan fingerprint density at radius 2 is 1.89 bits per heavy atom. The van der Waals surface area contributed by atoms with Crippen molar-refractivity contribution in [3.8, 4) is 5.75 Å². The molecule has 3 heteroatoms. The Hall–Kier alpha value is -1.48. The van der Waals surface area contributed by atoms with Crippen LogP contribution in [0.25, 0.3) is 0 Å². The molecule has 0 aromatic heterocycles. The van der Waals surface area contributed by atoms with Crippen molar-refractivity contribution in [2.45, 2.75) is 6.42 Å². The summed E-state index contributed by atoms with van der Waals surface area (Å²) in [6, 6.07) is 14.6. The van der Waals surface area contributed by atoms with Crippen molar-refractivity contribution in [1.82, 2.24) is 0 Å². The van der Waals surface area contributed by atoms with Gasteiger partial charge in [0.25, 0.3) is 0 Å². The molecule has 2 aromatic rings. The van der Waals surface area contributed by atoms with Gasteiger partial charge in [0.1, 0.15) is 5.75 Å². The topological polar surface area (TPSA) is 21.3 Å². The second-order valence-corrected chi connectivity index (χ2v) is 4.95. The molecule has 18 heavy (non-hydrogen) atoms. The van der Waals surface area contributed by atoms with Crippen LogP contribution in [-0.2, 0) is 6.42 Å². The van der Waals surface area contributed by atoms with Gasteiger partial charge in [0.2, 0.25) is 0 Å². The molecule has 0 amide bonds. The molecule has 2 rings (SSSR count). The highest BCUT2D eigenvalue weighted by Crippen LogP contribution is 2.26. The minimum Gasteiger partial charge on any atom is -0.496 e. The zero-order valence-corrected chi connectivity index (χ0v) is 12.1. The molecule has 1 N–H and O–H groups in total. The monoisotopic (exact) mass is 305 g/mol. The molecular weight excluding hydrogens is 290 g/mol. The lowest BCUT2D eigenvalue weighted by Crippen LogP contribution is -1.93. The molecule has 0 saturated heterocycles. The average molecular weight is 306 g/mol. The fourth-order valence-corrected chi connectivity index (χ4v) is 2.48. The predicted molar refractivity (Wildman–Crippen MR) is 79.5 cm³/mol. The van der Waals surface area contributed by atoms with Gasteiger partial charge in [-0.25, -0.2) is 0 Å². The third kappa shape index (κ3) is 3.05. The number of benzene rings is 2. The largest absolute Gasteiger partial charge is 0.496 e. The maximum atomic E-state index is 5.23. The van der Waals surface area contributed by atoms with Crippen molar-refractivity contribution < 1.29 is 4.74 Å². The molecule has 0 spiro atoms. The Morgan fingerprint density at radius 1 is 1.11 bits per heavy atom. The smallest absolute Gasteiger partial charge is 0.133 e. The molecule has 0 bridgehead atoms. The summed E-state index contributed by atoms with van der Waals surface area (Å²) in [5.41, 5.74) is 3.69. The minimum atomic E-state index is 0.864. The number of anilines is 1. The van der Waals surface area contributed by atoms with Crippen LogP contribution in [0.15, 0.2) is 46.9 Å². The minimum absolute atomic E-state index is 0.864. The van der Waals surface area contributed by atoms with Gasteiger partial charge in [-0.1, -0.05) is 18.2 Å².